The van der Waals surface area contributed by atoms with Gasteiger partial charge in [-0.15, -0.1) is 0 Å². The number of pyridine rings is 1. The molecule has 1 aliphatic carbocycles. The van der Waals surface area contributed by atoms with Crippen molar-refractivity contribution in [3.8, 4) is 0 Å². The van der Waals surface area contributed by atoms with Crippen LogP contribution in [0.1, 0.15) is 87.1 Å². The predicted molar refractivity (Wildman–Crippen MR) is 116 cm³/mol. The summed E-state index contributed by atoms with van der Waals surface area (Å²) in [7, 11) is 0. The number of nitrogens with zero attached hydrogens (tertiary/aromatic N) is 1. The van der Waals surface area contributed by atoms with Crippen LogP contribution in [0.3, 0.4) is 0 Å². The van der Waals surface area contributed by atoms with Crippen molar-refractivity contribution < 1.29 is 0 Å². The van der Waals surface area contributed by atoms with Gasteiger partial charge in [-0.3, -0.25) is 4.98 Å². The molecule has 0 bridgehead atoms. The highest BCUT2D eigenvalue weighted by Gasteiger charge is 2.21. The Kier molecular flexibility index (Phi) is 7.93. The number of rotatable bonds is 10. The maximum atomic E-state index is 6.73. The lowest BCUT2D eigenvalue weighted by Gasteiger charge is -2.24. The standard InChI is InChI=1S/C23H34ClN3/c24-17-13-14-19-22(16-17)27-21-12-8-7-10-18(21)23(19)20(26)11-6-4-2-1-3-5-9-15-25/h13-14,16,20H,1-12,15,25-26H2. The minimum Gasteiger partial charge on any atom is -0.330 e. The van der Waals surface area contributed by atoms with Crippen LogP contribution in [0.2, 0.25) is 5.02 Å². The molecule has 1 atom stereocenters. The first-order valence-electron chi connectivity index (χ1n) is 10.8. The lowest BCUT2D eigenvalue weighted by atomic mass is 9.85. The molecule has 0 aliphatic heterocycles. The van der Waals surface area contributed by atoms with Gasteiger partial charge in [-0.25, -0.2) is 0 Å². The molecule has 0 saturated carbocycles. The van der Waals surface area contributed by atoms with E-state index in [1.54, 1.807) is 0 Å². The largest absolute Gasteiger partial charge is 0.330 e. The smallest absolute Gasteiger partial charge is 0.0723 e. The average molecular weight is 388 g/mol. The molecule has 1 heterocycles. The molecule has 1 unspecified atom stereocenters. The Balaban J connectivity index is 1.66. The molecule has 4 heteroatoms. The molecule has 0 radical (unpaired) electrons. The highest BCUT2D eigenvalue weighted by atomic mass is 35.5. The second kappa shape index (κ2) is 10.4. The molecular formula is C23H34ClN3. The molecule has 1 aromatic carbocycles. The summed E-state index contributed by atoms with van der Waals surface area (Å²) in [5.41, 5.74) is 17.3. The quantitative estimate of drug-likeness (QED) is 0.503. The number of fused-ring (bicyclic) bond motifs is 2. The maximum Gasteiger partial charge on any atom is 0.0723 e. The Hall–Kier alpha value is -1.16. The molecule has 1 aromatic heterocycles. The summed E-state index contributed by atoms with van der Waals surface area (Å²) < 4.78 is 0. The summed E-state index contributed by atoms with van der Waals surface area (Å²) in [4.78, 5) is 4.92. The molecule has 1 aliphatic rings. The molecule has 0 fully saturated rings. The van der Waals surface area contributed by atoms with Crippen LogP contribution in [0, 0.1) is 0 Å². The van der Waals surface area contributed by atoms with Crippen LogP contribution in [0.4, 0.5) is 0 Å². The summed E-state index contributed by atoms with van der Waals surface area (Å²) in [6.45, 7) is 0.824. The Morgan fingerprint density at radius 2 is 1.67 bits per heavy atom. The number of halogens is 1. The van der Waals surface area contributed by atoms with Gasteiger partial charge >= 0.3 is 0 Å². The normalized spacial score (nSPS) is 15.1. The van der Waals surface area contributed by atoms with Gasteiger partial charge in [-0.1, -0.05) is 56.2 Å². The summed E-state index contributed by atoms with van der Waals surface area (Å²) >= 11 is 6.22. The molecule has 4 N–H and O–H groups in total. The van der Waals surface area contributed by atoms with E-state index in [2.05, 4.69) is 6.07 Å². The highest BCUT2D eigenvalue weighted by Crippen LogP contribution is 2.35. The fourth-order valence-corrected chi connectivity index (χ4v) is 4.56. The zero-order valence-corrected chi connectivity index (χ0v) is 17.2. The third kappa shape index (κ3) is 5.43. The Bertz CT molecular complexity index is 744. The molecule has 0 amide bonds. The zero-order valence-electron chi connectivity index (χ0n) is 16.5. The first-order valence-corrected chi connectivity index (χ1v) is 11.1. The third-order valence-corrected chi connectivity index (χ3v) is 6.09. The SMILES string of the molecule is NCCCCCCCCCC(N)c1c2c(nc3cc(Cl)ccc13)CCCC2. The lowest BCUT2D eigenvalue weighted by Crippen LogP contribution is -2.18. The Morgan fingerprint density at radius 1 is 0.963 bits per heavy atom. The van der Waals surface area contributed by atoms with E-state index >= 15 is 0 Å². The number of aromatic nitrogens is 1. The summed E-state index contributed by atoms with van der Waals surface area (Å²) in [6.07, 6.45) is 14.6. The maximum absolute atomic E-state index is 6.73. The second-order valence-electron chi connectivity index (χ2n) is 7.98. The van der Waals surface area contributed by atoms with Crippen molar-refractivity contribution in [3.05, 3.63) is 40.0 Å². The number of hydrogen-bond donors (Lipinski definition) is 2. The fourth-order valence-electron chi connectivity index (χ4n) is 4.40. The van der Waals surface area contributed by atoms with Crippen LogP contribution in [0.5, 0.6) is 0 Å². The minimum atomic E-state index is 0.0979. The van der Waals surface area contributed by atoms with Gasteiger partial charge in [0.05, 0.1) is 5.52 Å². The van der Waals surface area contributed by atoms with Crippen LogP contribution < -0.4 is 11.5 Å². The number of unbranched alkanes of at least 4 members (excludes halogenated alkanes) is 6. The molecule has 148 valence electrons. The van der Waals surface area contributed by atoms with Crippen molar-refractivity contribution in [2.75, 3.05) is 6.54 Å². The number of hydrogen-bond acceptors (Lipinski definition) is 3. The van der Waals surface area contributed by atoms with Crippen LogP contribution in [-0.2, 0) is 12.8 Å². The first-order chi connectivity index (χ1) is 13.2. The van der Waals surface area contributed by atoms with Crippen molar-refractivity contribution >= 4 is 22.5 Å². The Labute approximate surface area is 168 Å². The summed E-state index contributed by atoms with van der Waals surface area (Å²) in [5, 5.41) is 1.95. The highest BCUT2D eigenvalue weighted by molar-refractivity contribution is 6.31. The molecule has 2 aromatic rings. The summed E-state index contributed by atoms with van der Waals surface area (Å²) in [6, 6.07) is 6.18. The minimum absolute atomic E-state index is 0.0979. The molecule has 0 saturated heterocycles. The van der Waals surface area contributed by atoms with Crippen molar-refractivity contribution in [2.24, 2.45) is 11.5 Å². The number of benzene rings is 1. The van der Waals surface area contributed by atoms with Crippen LogP contribution in [0.25, 0.3) is 10.9 Å². The van der Waals surface area contributed by atoms with E-state index in [9.17, 15) is 0 Å². The van der Waals surface area contributed by atoms with E-state index in [1.807, 2.05) is 12.1 Å². The van der Waals surface area contributed by atoms with E-state index in [1.165, 1.54) is 73.6 Å². The van der Waals surface area contributed by atoms with Crippen molar-refractivity contribution in [1.82, 2.24) is 4.98 Å². The third-order valence-electron chi connectivity index (χ3n) is 5.86. The van der Waals surface area contributed by atoms with Gasteiger partial charge in [0, 0.05) is 22.1 Å². The van der Waals surface area contributed by atoms with Gasteiger partial charge in [-0.05, 0) is 68.3 Å². The zero-order chi connectivity index (χ0) is 19.1. The number of aryl methyl sites for hydroxylation is 1. The summed E-state index contributed by atoms with van der Waals surface area (Å²) in [5.74, 6) is 0. The molecule has 3 rings (SSSR count). The van der Waals surface area contributed by atoms with Gasteiger partial charge in [0.15, 0.2) is 0 Å². The fraction of sp³-hybridized carbons (Fsp3) is 0.609. The molecule has 27 heavy (non-hydrogen) atoms. The predicted octanol–water partition coefficient (Wildman–Crippen LogP) is 5.85. The van der Waals surface area contributed by atoms with Crippen molar-refractivity contribution in [2.45, 2.75) is 83.1 Å². The van der Waals surface area contributed by atoms with Crippen LogP contribution >= 0.6 is 11.6 Å². The van der Waals surface area contributed by atoms with Gasteiger partial charge in [0.1, 0.15) is 0 Å². The van der Waals surface area contributed by atoms with E-state index in [-0.39, 0.29) is 6.04 Å². The van der Waals surface area contributed by atoms with Gasteiger partial charge in [-0.2, -0.15) is 0 Å². The molecule has 0 spiro atoms. The van der Waals surface area contributed by atoms with E-state index < -0.39 is 0 Å². The van der Waals surface area contributed by atoms with Crippen LogP contribution in [0.15, 0.2) is 18.2 Å². The monoisotopic (exact) mass is 387 g/mol. The number of nitrogens with two attached hydrogens (primary N) is 2. The molecule has 3 nitrogen and oxygen atoms in total. The first kappa shape index (κ1) is 20.6. The van der Waals surface area contributed by atoms with E-state index in [0.29, 0.717) is 0 Å². The van der Waals surface area contributed by atoms with Gasteiger partial charge in [0.2, 0.25) is 0 Å². The van der Waals surface area contributed by atoms with Crippen molar-refractivity contribution in [1.29, 1.82) is 0 Å². The van der Waals surface area contributed by atoms with Crippen LogP contribution in [-0.4, -0.2) is 11.5 Å². The lowest BCUT2D eigenvalue weighted by molar-refractivity contribution is 0.535. The Morgan fingerprint density at radius 3 is 2.44 bits per heavy atom. The van der Waals surface area contributed by atoms with Crippen molar-refractivity contribution in [3.63, 3.8) is 0 Å². The van der Waals surface area contributed by atoms with Gasteiger partial charge < -0.3 is 11.5 Å². The second-order valence-corrected chi connectivity index (χ2v) is 8.41. The average Bonchev–Trinajstić information content (AvgIpc) is 2.67. The van der Waals surface area contributed by atoms with Gasteiger partial charge in [0.25, 0.3) is 0 Å². The van der Waals surface area contributed by atoms with E-state index in [4.69, 9.17) is 28.1 Å². The molecular weight excluding hydrogens is 354 g/mol. The topological polar surface area (TPSA) is 64.9 Å². The van der Waals surface area contributed by atoms with E-state index in [0.717, 1.165) is 42.8 Å².